The van der Waals surface area contributed by atoms with Crippen molar-refractivity contribution >= 4 is 11.9 Å². The molecule has 0 aliphatic heterocycles. The molecule has 0 aromatic heterocycles. The summed E-state index contributed by atoms with van der Waals surface area (Å²) in [5.74, 6) is 2.48. The summed E-state index contributed by atoms with van der Waals surface area (Å²) in [5, 5.41) is 8.38. The zero-order valence-corrected chi connectivity index (χ0v) is 15.1. The number of methoxy groups -OCH3 is 4. The third kappa shape index (κ3) is 4.50. The van der Waals surface area contributed by atoms with Crippen LogP contribution in [0.3, 0.4) is 0 Å². The second kappa shape index (κ2) is 8.73. The number of hydrogen-bond donors (Lipinski definition) is 0. The second-order valence-corrected chi connectivity index (χ2v) is 5.12. The number of benzene rings is 2. The van der Waals surface area contributed by atoms with E-state index in [1.807, 2.05) is 43.3 Å². The largest absolute Gasteiger partial charge is 0.497 e. The standard InChI is InChI=1S/C19H22N2O4/c1-13(15-6-8-16(22-2)9-7-15)21-20-12-14-10-17(23-3)19(25-5)18(11-14)24-4/h6-12H,1-5H3. The molecule has 0 heterocycles. The molecule has 0 unspecified atom stereocenters. The molecule has 0 saturated carbocycles. The first kappa shape index (κ1) is 18.3. The van der Waals surface area contributed by atoms with Crippen LogP contribution in [0.5, 0.6) is 23.0 Å². The van der Waals surface area contributed by atoms with Gasteiger partial charge in [0.1, 0.15) is 5.75 Å². The molecule has 2 aromatic carbocycles. The number of hydrogen-bond acceptors (Lipinski definition) is 6. The summed E-state index contributed by atoms with van der Waals surface area (Å²) in [6, 6.07) is 11.3. The molecule has 0 bridgehead atoms. The van der Waals surface area contributed by atoms with Crippen molar-refractivity contribution in [3.8, 4) is 23.0 Å². The molecule has 0 amide bonds. The second-order valence-electron chi connectivity index (χ2n) is 5.12. The first-order valence-electron chi connectivity index (χ1n) is 7.65. The fourth-order valence-electron chi connectivity index (χ4n) is 2.25. The Labute approximate surface area is 147 Å². The highest BCUT2D eigenvalue weighted by molar-refractivity contribution is 5.99. The van der Waals surface area contributed by atoms with Crippen LogP contribution in [0.2, 0.25) is 0 Å². The van der Waals surface area contributed by atoms with Crippen molar-refractivity contribution in [3.05, 3.63) is 47.5 Å². The molecule has 0 atom stereocenters. The first-order valence-corrected chi connectivity index (χ1v) is 7.65. The van der Waals surface area contributed by atoms with Gasteiger partial charge in [-0.3, -0.25) is 0 Å². The molecular weight excluding hydrogens is 320 g/mol. The van der Waals surface area contributed by atoms with Crippen molar-refractivity contribution in [2.75, 3.05) is 28.4 Å². The van der Waals surface area contributed by atoms with Gasteiger partial charge in [0.25, 0.3) is 0 Å². The van der Waals surface area contributed by atoms with Gasteiger partial charge in [-0.2, -0.15) is 10.2 Å². The number of ether oxygens (including phenoxy) is 4. The van der Waals surface area contributed by atoms with Crippen LogP contribution in [0.25, 0.3) is 0 Å². The lowest BCUT2D eigenvalue weighted by Gasteiger charge is -2.12. The third-order valence-electron chi connectivity index (χ3n) is 3.61. The van der Waals surface area contributed by atoms with E-state index >= 15 is 0 Å². The highest BCUT2D eigenvalue weighted by Crippen LogP contribution is 2.37. The maximum Gasteiger partial charge on any atom is 0.203 e. The van der Waals surface area contributed by atoms with Gasteiger partial charge in [-0.15, -0.1) is 0 Å². The third-order valence-corrected chi connectivity index (χ3v) is 3.61. The quantitative estimate of drug-likeness (QED) is 0.570. The van der Waals surface area contributed by atoms with E-state index in [-0.39, 0.29) is 0 Å². The van der Waals surface area contributed by atoms with E-state index in [1.54, 1.807) is 34.7 Å². The number of rotatable bonds is 7. The van der Waals surface area contributed by atoms with E-state index in [1.165, 1.54) is 0 Å². The lowest BCUT2D eigenvalue weighted by Crippen LogP contribution is -1.97. The summed E-state index contributed by atoms with van der Waals surface area (Å²) in [6.45, 7) is 1.90. The van der Waals surface area contributed by atoms with E-state index in [0.717, 1.165) is 22.6 Å². The first-order chi connectivity index (χ1) is 12.1. The van der Waals surface area contributed by atoms with Gasteiger partial charge >= 0.3 is 0 Å². The van der Waals surface area contributed by atoms with Crippen LogP contribution in [0, 0.1) is 0 Å². The minimum absolute atomic E-state index is 0.542. The lowest BCUT2D eigenvalue weighted by molar-refractivity contribution is 0.324. The van der Waals surface area contributed by atoms with Crippen LogP contribution in [-0.4, -0.2) is 40.4 Å². The summed E-state index contributed by atoms with van der Waals surface area (Å²) in [6.07, 6.45) is 1.64. The Hall–Kier alpha value is -3.02. The molecule has 6 nitrogen and oxygen atoms in total. The van der Waals surface area contributed by atoms with Crippen molar-refractivity contribution in [3.63, 3.8) is 0 Å². The van der Waals surface area contributed by atoms with Crippen molar-refractivity contribution in [1.29, 1.82) is 0 Å². The molecule has 6 heteroatoms. The van der Waals surface area contributed by atoms with Crippen LogP contribution < -0.4 is 18.9 Å². The lowest BCUT2D eigenvalue weighted by atomic mass is 10.1. The number of nitrogens with zero attached hydrogens (tertiary/aromatic N) is 2. The predicted molar refractivity (Wildman–Crippen MR) is 98.9 cm³/mol. The molecule has 0 aliphatic rings. The Balaban J connectivity index is 2.22. The van der Waals surface area contributed by atoms with Crippen LogP contribution >= 0.6 is 0 Å². The summed E-state index contributed by atoms with van der Waals surface area (Å²) in [7, 11) is 6.35. The van der Waals surface area contributed by atoms with Crippen LogP contribution in [-0.2, 0) is 0 Å². The molecular formula is C19H22N2O4. The van der Waals surface area contributed by atoms with Crippen LogP contribution in [0.1, 0.15) is 18.1 Å². The van der Waals surface area contributed by atoms with Crippen molar-refractivity contribution in [1.82, 2.24) is 0 Å². The Morgan fingerprint density at radius 1 is 0.840 bits per heavy atom. The average Bonchev–Trinajstić information content (AvgIpc) is 2.66. The predicted octanol–water partition coefficient (Wildman–Crippen LogP) is 3.56. The molecule has 2 rings (SSSR count). The van der Waals surface area contributed by atoms with Gasteiger partial charge in [0.2, 0.25) is 5.75 Å². The van der Waals surface area contributed by atoms with Gasteiger partial charge in [0.05, 0.1) is 40.4 Å². The van der Waals surface area contributed by atoms with E-state index in [2.05, 4.69) is 10.2 Å². The monoisotopic (exact) mass is 342 g/mol. The molecule has 0 saturated heterocycles. The van der Waals surface area contributed by atoms with Crippen molar-refractivity contribution < 1.29 is 18.9 Å². The van der Waals surface area contributed by atoms with Gasteiger partial charge in [0.15, 0.2) is 11.5 Å². The molecule has 0 N–H and O–H groups in total. The molecule has 25 heavy (non-hydrogen) atoms. The Kier molecular flexibility index (Phi) is 6.39. The average molecular weight is 342 g/mol. The maximum atomic E-state index is 5.32. The Morgan fingerprint density at radius 3 is 1.92 bits per heavy atom. The fraction of sp³-hybridized carbons (Fsp3) is 0.263. The van der Waals surface area contributed by atoms with Crippen molar-refractivity contribution in [2.24, 2.45) is 10.2 Å². The molecule has 0 fully saturated rings. The van der Waals surface area contributed by atoms with E-state index in [4.69, 9.17) is 18.9 Å². The molecule has 132 valence electrons. The zero-order chi connectivity index (χ0) is 18.2. The summed E-state index contributed by atoms with van der Waals surface area (Å²) in [5.41, 5.74) is 2.56. The smallest absolute Gasteiger partial charge is 0.203 e. The maximum absolute atomic E-state index is 5.32. The van der Waals surface area contributed by atoms with E-state index < -0.39 is 0 Å². The minimum atomic E-state index is 0.542. The highest BCUT2D eigenvalue weighted by atomic mass is 16.5. The van der Waals surface area contributed by atoms with Gasteiger partial charge in [-0.05, 0) is 48.9 Å². The molecule has 0 radical (unpaired) electrons. The normalized spacial score (nSPS) is 11.5. The van der Waals surface area contributed by atoms with Gasteiger partial charge in [-0.1, -0.05) is 0 Å². The summed E-state index contributed by atoms with van der Waals surface area (Å²) >= 11 is 0. The zero-order valence-electron chi connectivity index (χ0n) is 15.1. The fourth-order valence-corrected chi connectivity index (χ4v) is 2.25. The van der Waals surface area contributed by atoms with Crippen LogP contribution in [0.4, 0.5) is 0 Å². The van der Waals surface area contributed by atoms with Gasteiger partial charge < -0.3 is 18.9 Å². The Morgan fingerprint density at radius 2 is 1.44 bits per heavy atom. The molecule has 0 aliphatic carbocycles. The summed E-state index contributed by atoms with van der Waals surface area (Å²) < 4.78 is 21.1. The minimum Gasteiger partial charge on any atom is -0.497 e. The van der Waals surface area contributed by atoms with Crippen molar-refractivity contribution in [2.45, 2.75) is 6.92 Å². The van der Waals surface area contributed by atoms with E-state index in [0.29, 0.717) is 17.2 Å². The van der Waals surface area contributed by atoms with E-state index in [9.17, 15) is 0 Å². The summed E-state index contributed by atoms with van der Waals surface area (Å²) in [4.78, 5) is 0. The van der Waals surface area contributed by atoms with Crippen LogP contribution in [0.15, 0.2) is 46.6 Å². The Bertz CT molecular complexity index is 742. The highest BCUT2D eigenvalue weighted by Gasteiger charge is 2.12. The topological polar surface area (TPSA) is 61.6 Å². The van der Waals surface area contributed by atoms with Gasteiger partial charge in [0, 0.05) is 5.56 Å². The van der Waals surface area contributed by atoms with Gasteiger partial charge in [-0.25, -0.2) is 0 Å². The molecule has 0 spiro atoms. The SMILES string of the molecule is COc1ccc(C(C)=NN=Cc2cc(OC)c(OC)c(OC)c2)cc1. The molecule has 2 aromatic rings.